The average Bonchev–Trinajstić information content (AvgIpc) is 3.37. The molecule has 1 fully saturated rings. The molecule has 0 spiro atoms. The number of fused-ring (bicyclic) bond motifs is 1. The van der Waals surface area contributed by atoms with Crippen LogP contribution in [0, 0.1) is 5.92 Å². The Labute approximate surface area is 164 Å². The Hall–Kier alpha value is -1.89. The second-order valence-electron chi connectivity index (χ2n) is 7.46. The lowest BCUT2D eigenvalue weighted by Gasteiger charge is -2.22. The Morgan fingerprint density at radius 2 is 1.96 bits per heavy atom. The van der Waals surface area contributed by atoms with E-state index in [2.05, 4.69) is 5.32 Å². The Morgan fingerprint density at radius 1 is 1.22 bits per heavy atom. The van der Waals surface area contributed by atoms with Crippen molar-refractivity contribution >= 4 is 34.1 Å². The largest absolute Gasteiger partial charge is 0.452 e. The highest BCUT2D eigenvalue weighted by Crippen LogP contribution is 2.38. The van der Waals surface area contributed by atoms with Gasteiger partial charge in [0.1, 0.15) is 5.00 Å². The second kappa shape index (κ2) is 8.87. The summed E-state index contributed by atoms with van der Waals surface area (Å²) in [4.78, 5) is 39.7. The molecule has 27 heavy (non-hydrogen) atoms. The minimum atomic E-state index is -0.505. The van der Waals surface area contributed by atoms with Crippen molar-refractivity contribution in [3.05, 3.63) is 16.0 Å². The number of anilines is 1. The number of hydrogen-bond donors (Lipinski definition) is 1. The molecular formula is C20H28N2O4S. The summed E-state index contributed by atoms with van der Waals surface area (Å²) in [7, 11) is 0. The molecule has 2 aliphatic carbocycles. The molecule has 1 aromatic rings. The van der Waals surface area contributed by atoms with Gasteiger partial charge in [0.2, 0.25) is 5.91 Å². The number of rotatable bonds is 8. The lowest BCUT2D eigenvalue weighted by molar-refractivity contribution is -0.134. The van der Waals surface area contributed by atoms with Crippen LogP contribution in [0.1, 0.15) is 66.8 Å². The molecule has 6 nitrogen and oxygen atoms in total. The molecular weight excluding hydrogens is 364 g/mol. The molecule has 1 saturated carbocycles. The van der Waals surface area contributed by atoms with Crippen molar-refractivity contribution < 1.29 is 19.1 Å². The SMILES string of the molecule is CCCN(CC1CC1)C(=O)COC(=O)c1c(NC(C)=O)sc2c1CCCC2. The van der Waals surface area contributed by atoms with Crippen LogP contribution in [0.5, 0.6) is 0 Å². The third-order valence-corrected chi connectivity index (χ3v) is 6.22. The predicted octanol–water partition coefficient (Wildman–Crippen LogP) is 3.39. The van der Waals surface area contributed by atoms with E-state index in [0.717, 1.165) is 49.1 Å². The Bertz CT molecular complexity index is 724. The van der Waals surface area contributed by atoms with Crippen molar-refractivity contribution in [3.63, 3.8) is 0 Å². The lowest BCUT2D eigenvalue weighted by atomic mass is 9.95. The minimum absolute atomic E-state index is 0.137. The average molecular weight is 393 g/mol. The number of hydrogen-bond acceptors (Lipinski definition) is 5. The molecule has 0 unspecified atom stereocenters. The number of carbonyl (C=O) groups excluding carboxylic acids is 3. The first-order chi connectivity index (χ1) is 13.0. The number of ether oxygens (including phenoxy) is 1. The highest BCUT2D eigenvalue weighted by molar-refractivity contribution is 7.17. The highest BCUT2D eigenvalue weighted by atomic mass is 32.1. The van der Waals surface area contributed by atoms with Crippen LogP contribution in [0.4, 0.5) is 5.00 Å². The first-order valence-corrected chi connectivity index (χ1v) is 10.7. The van der Waals surface area contributed by atoms with E-state index in [1.165, 1.54) is 31.1 Å². The second-order valence-corrected chi connectivity index (χ2v) is 8.56. The van der Waals surface area contributed by atoms with E-state index >= 15 is 0 Å². The zero-order valence-electron chi connectivity index (χ0n) is 16.1. The summed E-state index contributed by atoms with van der Waals surface area (Å²) in [6.45, 7) is 4.68. The van der Waals surface area contributed by atoms with Crippen LogP contribution in [0.3, 0.4) is 0 Å². The van der Waals surface area contributed by atoms with E-state index < -0.39 is 5.97 Å². The molecule has 3 rings (SSSR count). The Morgan fingerprint density at radius 3 is 2.63 bits per heavy atom. The molecule has 1 heterocycles. The van der Waals surface area contributed by atoms with Gasteiger partial charge in [-0.3, -0.25) is 9.59 Å². The van der Waals surface area contributed by atoms with Gasteiger partial charge in [-0.2, -0.15) is 0 Å². The molecule has 0 atom stereocenters. The number of thiophene rings is 1. The quantitative estimate of drug-likeness (QED) is 0.688. The summed E-state index contributed by atoms with van der Waals surface area (Å²) in [5.74, 6) is -0.250. The lowest BCUT2D eigenvalue weighted by Crippen LogP contribution is -2.37. The van der Waals surface area contributed by atoms with Crippen molar-refractivity contribution in [2.45, 2.75) is 58.8 Å². The zero-order valence-corrected chi connectivity index (χ0v) is 17.0. The molecule has 0 aromatic carbocycles. The summed E-state index contributed by atoms with van der Waals surface area (Å²) in [6, 6.07) is 0. The standard InChI is InChI=1S/C20H28N2O4S/c1-3-10-22(11-14-8-9-14)17(24)12-26-20(25)18-15-6-4-5-7-16(15)27-19(18)21-13(2)23/h14H,3-12H2,1-2H3,(H,21,23). The number of nitrogens with zero attached hydrogens (tertiary/aromatic N) is 1. The van der Waals surface area contributed by atoms with E-state index in [9.17, 15) is 14.4 Å². The predicted molar refractivity (Wildman–Crippen MR) is 105 cm³/mol. The maximum absolute atomic E-state index is 12.8. The van der Waals surface area contributed by atoms with Crippen LogP contribution in [0.25, 0.3) is 0 Å². The summed E-state index contributed by atoms with van der Waals surface area (Å²) < 4.78 is 5.39. The Kier molecular flexibility index (Phi) is 6.52. The van der Waals surface area contributed by atoms with Crippen molar-refractivity contribution in [2.24, 2.45) is 5.92 Å². The molecule has 0 bridgehead atoms. The van der Waals surface area contributed by atoms with E-state index in [0.29, 0.717) is 23.0 Å². The van der Waals surface area contributed by atoms with Gasteiger partial charge in [-0.15, -0.1) is 11.3 Å². The fourth-order valence-electron chi connectivity index (χ4n) is 3.52. The molecule has 1 aromatic heterocycles. The van der Waals surface area contributed by atoms with Crippen molar-refractivity contribution in [2.75, 3.05) is 25.0 Å². The van der Waals surface area contributed by atoms with Gasteiger partial charge in [0.15, 0.2) is 6.61 Å². The number of nitrogens with one attached hydrogen (secondary N) is 1. The summed E-state index contributed by atoms with van der Waals surface area (Å²) in [6.07, 6.45) is 7.08. The fraction of sp³-hybridized carbons (Fsp3) is 0.650. The van der Waals surface area contributed by atoms with Crippen LogP contribution < -0.4 is 5.32 Å². The van der Waals surface area contributed by atoms with Crippen molar-refractivity contribution in [1.82, 2.24) is 4.90 Å². The van der Waals surface area contributed by atoms with E-state index in [-0.39, 0.29) is 18.4 Å². The Balaban J connectivity index is 1.68. The summed E-state index contributed by atoms with van der Waals surface area (Å²) in [5.41, 5.74) is 1.43. The molecule has 0 saturated heterocycles. The number of amides is 2. The van der Waals surface area contributed by atoms with Gasteiger partial charge in [0.05, 0.1) is 5.56 Å². The minimum Gasteiger partial charge on any atom is -0.452 e. The molecule has 7 heteroatoms. The topological polar surface area (TPSA) is 75.7 Å². The van der Waals surface area contributed by atoms with E-state index in [1.54, 1.807) is 0 Å². The monoisotopic (exact) mass is 392 g/mol. The summed E-state index contributed by atoms with van der Waals surface area (Å²) >= 11 is 1.46. The first-order valence-electron chi connectivity index (χ1n) is 9.86. The van der Waals surface area contributed by atoms with Gasteiger partial charge >= 0.3 is 5.97 Å². The van der Waals surface area contributed by atoms with Crippen LogP contribution in [-0.4, -0.2) is 42.4 Å². The fourth-order valence-corrected chi connectivity index (χ4v) is 4.84. The smallest absolute Gasteiger partial charge is 0.341 e. The third-order valence-electron chi connectivity index (χ3n) is 5.01. The first kappa shape index (κ1) is 19.9. The van der Waals surface area contributed by atoms with Crippen molar-refractivity contribution in [3.8, 4) is 0 Å². The molecule has 2 aliphatic rings. The van der Waals surface area contributed by atoms with Gasteiger partial charge in [-0.25, -0.2) is 4.79 Å². The maximum atomic E-state index is 12.8. The van der Waals surface area contributed by atoms with Gasteiger partial charge in [-0.1, -0.05) is 6.92 Å². The molecule has 2 amide bonds. The molecule has 1 N–H and O–H groups in total. The van der Waals surface area contributed by atoms with Crippen LogP contribution in [0.15, 0.2) is 0 Å². The van der Waals surface area contributed by atoms with Crippen molar-refractivity contribution in [1.29, 1.82) is 0 Å². The molecule has 148 valence electrons. The van der Waals surface area contributed by atoms with E-state index in [1.807, 2.05) is 11.8 Å². The van der Waals surface area contributed by atoms with Gasteiger partial charge < -0.3 is 15.0 Å². The maximum Gasteiger partial charge on any atom is 0.341 e. The normalized spacial score (nSPS) is 15.8. The molecule has 0 radical (unpaired) electrons. The summed E-state index contributed by atoms with van der Waals surface area (Å²) in [5, 5.41) is 3.31. The third kappa shape index (κ3) is 5.09. The molecule has 0 aliphatic heterocycles. The number of esters is 1. The van der Waals surface area contributed by atoms with Gasteiger partial charge in [0.25, 0.3) is 5.91 Å². The van der Waals surface area contributed by atoms with E-state index in [4.69, 9.17) is 4.74 Å². The van der Waals surface area contributed by atoms with Crippen LogP contribution in [-0.2, 0) is 27.2 Å². The number of aryl methyl sites for hydroxylation is 1. The van der Waals surface area contributed by atoms with Gasteiger partial charge in [0, 0.05) is 24.9 Å². The zero-order chi connectivity index (χ0) is 19.4. The van der Waals surface area contributed by atoms with Gasteiger partial charge in [-0.05, 0) is 56.4 Å². The van der Waals surface area contributed by atoms with Crippen LogP contribution in [0.2, 0.25) is 0 Å². The van der Waals surface area contributed by atoms with Crippen LogP contribution >= 0.6 is 11.3 Å². The number of carbonyl (C=O) groups is 3. The highest BCUT2D eigenvalue weighted by Gasteiger charge is 2.29.